The van der Waals surface area contributed by atoms with E-state index in [4.69, 9.17) is 14.2 Å². The van der Waals surface area contributed by atoms with E-state index in [0.29, 0.717) is 19.6 Å². The fourth-order valence-electron chi connectivity index (χ4n) is 7.50. The molecule has 0 spiro atoms. The minimum absolute atomic E-state index is 0.103. The van der Waals surface area contributed by atoms with Crippen LogP contribution in [0.4, 0.5) is 0 Å². The molecule has 3 fully saturated rings. The zero-order valence-corrected chi connectivity index (χ0v) is 27.7. The molecule has 1 amide bonds. The molecule has 0 radical (unpaired) electrons. The molecular weight excluding hydrogens is 550 g/mol. The van der Waals surface area contributed by atoms with E-state index in [-0.39, 0.29) is 17.4 Å². The number of carbonyl (C=O) groups excluding carboxylic acids is 1. The minimum Gasteiger partial charge on any atom is -0.491 e. The quantitative estimate of drug-likeness (QED) is 0.266. The summed E-state index contributed by atoms with van der Waals surface area (Å²) in [4.78, 5) is 21.2. The first-order valence-electron chi connectivity index (χ1n) is 17.3. The molecule has 0 N–H and O–H groups in total. The molecule has 0 aromatic heterocycles. The standard InChI is InChI=1S/C37H55N3O4/c1-5-42-34-14-13-31(27-35(34)43-6-2)37(17-23-38-21-15-32(16-22-38)39-19-8-7-9-20-39)18-24-40(28-37)36(41)26-30-11-10-12-33(25-30)44-29(3)4/h10-14,25,27,29,32H,5-9,15-24,26,28H2,1-4H3/t37-/m1/s1. The Morgan fingerprint density at radius 3 is 2.39 bits per heavy atom. The summed E-state index contributed by atoms with van der Waals surface area (Å²) in [5, 5.41) is 0. The van der Waals surface area contributed by atoms with Gasteiger partial charge in [0.25, 0.3) is 0 Å². The minimum atomic E-state index is -0.113. The van der Waals surface area contributed by atoms with E-state index in [1.165, 1.54) is 63.8 Å². The molecule has 44 heavy (non-hydrogen) atoms. The third-order valence-corrected chi connectivity index (χ3v) is 9.86. The molecule has 0 saturated carbocycles. The lowest BCUT2D eigenvalue weighted by Gasteiger charge is -2.41. The van der Waals surface area contributed by atoms with Gasteiger partial charge < -0.3 is 28.9 Å². The molecule has 5 rings (SSSR count). The van der Waals surface area contributed by atoms with E-state index in [1.54, 1.807) is 0 Å². The first-order valence-corrected chi connectivity index (χ1v) is 17.3. The fraction of sp³-hybridized carbons (Fsp3) is 0.649. The molecule has 3 aliphatic rings. The van der Waals surface area contributed by atoms with Crippen molar-refractivity contribution in [1.29, 1.82) is 0 Å². The van der Waals surface area contributed by atoms with Gasteiger partial charge in [-0.15, -0.1) is 0 Å². The zero-order chi connectivity index (χ0) is 30.9. The van der Waals surface area contributed by atoms with Crippen LogP contribution >= 0.6 is 0 Å². The SMILES string of the molecule is CCOc1ccc([C@]2(CCN3CCC(N4CCCCC4)CC3)CCN(C(=O)Cc3cccc(OC(C)C)c3)C2)cc1OCC. The number of amides is 1. The van der Waals surface area contributed by atoms with Crippen LogP contribution in [0.25, 0.3) is 0 Å². The second-order valence-electron chi connectivity index (χ2n) is 13.3. The van der Waals surface area contributed by atoms with Crippen molar-refractivity contribution in [2.24, 2.45) is 0 Å². The molecule has 2 aromatic carbocycles. The smallest absolute Gasteiger partial charge is 0.227 e. The number of rotatable bonds is 13. The van der Waals surface area contributed by atoms with Crippen LogP contribution < -0.4 is 14.2 Å². The van der Waals surface area contributed by atoms with E-state index in [9.17, 15) is 4.79 Å². The molecule has 3 heterocycles. The summed E-state index contributed by atoms with van der Waals surface area (Å²) in [6.45, 7) is 16.7. The van der Waals surface area contributed by atoms with Crippen molar-refractivity contribution in [1.82, 2.24) is 14.7 Å². The van der Waals surface area contributed by atoms with Crippen molar-refractivity contribution >= 4 is 5.91 Å². The number of hydrogen-bond acceptors (Lipinski definition) is 6. The highest BCUT2D eigenvalue weighted by Crippen LogP contribution is 2.42. The molecule has 1 atom stereocenters. The Balaban J connectivity index is 1.29. The molecule has 0 bridgehead atoms. The summed E-state index contributed by atoms with van der Waals surface area (Å²) in [6, 6.07) is 15.2. The summed E-state index contributed by atoms with van der Waals surface area (Å²) in [5.41, 5.74) is 2.15. The number of hydrogen-bond donors (Lipinski definition) is 0. The Morgan fingerprint density at radius 1 is 0.909 bits per heavy atom. The van der Waals surface area contributed by atoms with E-state index >= 15 is 0 Å². The van der Waals surface area contributed by atoms with Crippen molar-refractivity contribution in [2.75, 3.05) is 59.0 Å². The second-order valence-corrected chi connectivity index (χ2v) is 13.3. The number of ether oxygens (including phenoxy) is 3. The van der Waals surface area contributed by atoms with E-state index < -0.39 is 0 Å². The number of benzene rings is 2. The lowest BCUT2D eigenvalue weighted by molar-refractivity contribution is -0.129. The lowest BCUT2D eigenvalue weighted by atomic mass is 9.76. The Hall–Kier alpha value is -2.77. The summed E-state index contributed by atoms with van der Waals surface area (Å²) < 4.78 is 17.8. The van der Waals surface area contributed by atoms with Crippen LogP contribution in [0.3, 0.4) is 0 Å². The third-order valence-electron chi connectivity index (χ3n) is 9.86. The Morgan fingerprint density at radius 2 is 1.66 bits per heavy atom. The van der Waals surface area contributed by atoms with Crippen LogP contribution in [0, 0.1) is 0 Å². The van der Waals surface area contributed by atoms with Gasteiger partial charge in [0.15, 0.2) is 11.5 Å². The molecule has 0 aliphatic carbocycles. The van der Waals surface area contributed by atoms with Crippen molar-refractivity contribution in [3.05, 3.63) is 53.6 Å². The average Bonchev–Trinajstić information content (AvgIpc) is 3.48. The highest BCUT2D eigenvalue weighted by molar-refractivity contribution is 5.79. The summed E-state index contributed by atoms with van der Waals surface area (Å²) in [6.07, 6.45) is 9.15. The predicted octanol–water partition coefficient (Wildman–Crippen LogP) is 6.32. The molecule has 3 saturated heterocycles. The molecule has 7 nitrogen and oxygen atoms in total. The molecule has 3 aliphatic heterocycles. The van der Waals surface area contributed by atoms with Crippen LogP contribution in [-0.4, -0.2) is 91.8 Å². The zero-order valence-electron chi connectivity index (χ0n) is 27.7. The van der Waals surface area contributed by atoms with Crippen LogP contribution in [0.5, 0.6) is 17.2 Å². The van der Waals surface area contributed by atoms with E-state index in [2.05, 4.69) is 32.9 Å². The summed E-state index contributed by atoms with van der Waals surface area (Å²) >= 11 is 0. The number of likely N-dealkylation sites (tertiary alicyclic amines) is 3. The Bertz CT molecular complexity index is 1200. The largest absolute Gasteiger partial charge is 0.491 e. The van der Waals surface area contributed by atoms with Gasteiger partial charge in [-0.2, -0.15) is 0 Å². The topological polar surface area (TPSA) is 54.5 Å². The predicted molar refractivity (Wildman–Crippen MR) is 177 cm³/mol. The summed E-state index contributed by atoms with van der Waals surface area (Å²) in [5.74, 6) is 2.61. The van der Waals surface area contributed by atoms with Gasteiger partial charge in [0.1, 0.15) is 5.75 Å². The Kier molecular flexibility index (Phi) is 11.5. The molecule has 7 heteroatoms. The number of carbonyl (C=O) groups is 1. The Labute approximate surface area is 265 Å². The van der Waals surface area contributed by atoms with Crippen molar-refractivity contribution in [3.63, 3.8) is 0 Å². The van der Waals surface area contributed by atoms with Gasteiger partial charge in [-0.05, 0) is 134 Å². The highest BCUT2D eigenvalue weighted by atomic mass is 16.5. The van der Waals surface area contributed by atoms with Gasteiger partial charge in [0, 0.05) is 24.5 Å². The average molecular weight is 606 g/mol. The van der Waals surface area contributed by atoms with Crippen molar-refractivity contribution < 1.29 is 19.0 Å². The normalized spacial score (nSPS) is 22.0. The van der Waals surface area contributed by atoms with Crippen LogP contribution in [-0.2, 0) is 16.6 Å². The summed E-state index contributed by atoms with van der Waals surface area (Å²) in [7, 11) is 0. The van der Waals surface area contributed by atoms with E-state index in [0.717, 1.165) is 61.3 Å². The van der Waals surface area contributed by atoms with Crippen molar-refractivity contribution in [3.8, 4) is 17.2 Å². The maximum Gasteiger partial charge on any atom is 0.227 e. The molecule has 0 unspecified atom stereocenters. The first-order chi connectivity index (χ1) is 21.4. The fourth-order valence-corrected chi connectivity index (χ4v) is 7.50. The van der Waals surface area contributed by atoms with E-state index in [1.807, 2.05) is 52.0 Å². The van der Waals surface area contributed by atoms with Crippen LogP contribution in [0.1, 0.15) is 83.8 Å². The molecule has 2 aromatic rings. The van der Waals surface area contributed by atoms with Gasteiger partial charge in [-0.3, -0.25) is 4.79 Å². The number of nitrogens with zero attached hydrogens (tertiary/aromatic N) is 3. The van der Waals surface area contributed by atoms with Gasteiger partial charge >= 0.3 is 0 Å². The van der Waals surface area contributed by atoms with Gasteiger partial charge in [-0.1, -0.05) is 24.6 Å². The lowest BCUT2D eigenvalue weighted by Crippen LogP contribution is -2.47. The first kappa shape index (κ1) is 32.6. The number of piperidine rings is 2. The van der Waals surface area contributed by atoms with Crippen LogP contribution in [0.15, 0.2) is 42.5 Å². The van der Waals surface area contributed by atoms with Gasteiger partial charge in [-0.25, -0.2) is 0 Å². The maximum absolute atomic E-state index is 13.7. The highest BCUT2D eigenvalue weighted by Gasteiger charge is 2.42. The molecular formula is C37H55N3O4. The second kappa shape index (κ2) is 15.5. The molecule has 242 valence electrons. The monoisotopic (exact) mass is 605 g/mol. The van der Waals surface area contributed by atoms with Crippen molar-refractivity contribution in [2.45, 2.75) is 96.6 Å². The van der Waals surface area contributed by atoms with Gasteiger partial charge in [0.2, 0.25) is 5.91 Å². The van der Waals surface area contributed by atoms with Gasteiger partial charge in [0.05, 0.1) is 25.7 Å². The maximum atomic E-state index is 13.7. The third kappa shape index (κ3) is 8.28. The van der Waals surface area contributed by atoms with Crippen LogP contribution in [0.2, 0.25) is 0 Å².